The Kier molecular flexibility index (Phi) is 2.76. The normalized spacial score (nSPS) is 19.5. The standard InChI is InChI=1S/C20H21ClO/c1-19(2)8-9-20(3,4)15-11-17-13(10-14(15)19)12-6-5-7-16(21)18(12)22-17/h5-7,10-11H,8-9H2,1-4H3. The van der Waals surface area contributed by atoms with Crippen molar-refractivity contribution < 1.29 is 4.42 Å². The molecule has 0 radical (unpaired) electrons. The van der Waals surface area contributed by atoms with Crippen molar-refractivity contribution in [2.75, 3.05) is 0 Å². The summed E-state index contributed by atoms with van der Waals surface area (Å²) in [4.78, 5) is 0. The molecule has 4 rings (SSSR count). The predicted octanol–water partition coefficient (Wildman–Crippen LogP) is 6.59. The Morgan fingerprint density at radius 1 is 0.909 bits per heavy atom. The van der Waals surface area contributed by atoms with Crippen molar-refractivity contribution in [3.8, 4) is 0 Å². The first-order valence-electron chi connectivity index (χ1n) is 7.95. The van der Waals surface area contributed by atoms with Gasteiger partial charge in [-0.15, -0.1) is 0 Å². The van der Waals surface area contributed by atoms with Crippen LogP contribution >= 0.6 is 11.6 Å². The number of rotatable bonds is 0. The lowest BCUT2D eigenvalue weighted by atomic mass is 9.63. The van der Waals surface area contributed by atoms with Crippen molar-refractivity contribution in [3.63, 3.8) is 0 Å². The number of hydrogen-bond acceptors (Lipinski definition) is 1. The molecule has 0 amide bonds. The molecule has 0 bridgehead atoms. The van der Waals surface area contributed by atoms with Crippen LogP contribution in [0.1, 0.15) is 51.7 Å². The van der Waals surface area contributed by atoms with Crippen molar-refractivity contribution in [2.45, 2.75) is 51.4 Å². The molecule has 2 aromatic carbocycles. The molecule has 114 valence electrons. The van der Waals surface area contributed by atoms with Crippen LogP contribution in [0, 0.1) is 0 Å². The molecule has 1 aliphatic rings. The number of hydrogen-bond donors (Lipinski definition) is 0. The van der Waals surface area contributed by atoms with Gasteiger partial charge in [0.2, 0.25) is 0 Å². The topological polar surface area (TPSA) is 13.1 Å². The van der Waals surface area contributed by atoms with E-state index in [0.717, 1.165) is 16.6 Å². The first-order chi connectivity index (χ1) is 10.3. The van der Waals surface area contributed by atoms with Gasteiger partial charge >= 0.3 is 0 Å². The van der Waals surface area contributed by atoms with Crippen LogP contribution in [0.5, 0.6) is 0 Å². The second-order valence-corrected chi connectivity index (χ2v) is 8.29. The number of para-hydroxylation sites is 1. The highest BCUT2D eigenvalue weighted by molar-refractivity contribution is 6.35. The molecule has 0 saturated heterocycles. The fourth-order valence-corrected chi connectivity index (χ4v) is 4.04. The highest BCUT2D eigenvalue weighted by Crippen LogP contribution is 2.48. The van der Waals surface area contributed by atoms with Gasteiger partial charge in [-0.2, -0.15) is 0 Å². The molecule has 1 aromatic heterocycles. The van der Waals surface area contributed by atoms with Gasteiger partial charge < -0.3 is 4.42 Å². The molecular formula is C20H21ClO. The zero-order valence-corrected chi connectivity index (χ0v) is 14.3. The SMILES string of the molecule is CC1(C)CCC(C)(C)c2cc3c(cc21)oc1c(Cl)cccc13. The number of fused-ring (bicyclic) bond motifs is 4. The van der Waals surface area contributed by atoms with Crippen LogP contribution in [0.2, 0.25) is 5.02 Å². The van der Waals surface area contributed by atoms with Gasteiger partial charge in [0.05, 0.1) is 5.02 Å². The average Bonchev–Trinajstić information content (AvgIpc) is 2.83. The average molecular weight is 313 g/mol. The van der Waals surface area contributed by atoms with Crippen LogP contribution in [0.4, 0.5) is 0 Å². The molecular weight excluding hydrogens is 292 g/mol. The van der Waals surface area contributed by atoms with Gasteiger partial charge in [-0.3, -0.25) is 0 Å². The number of furan rings is 1. The van der Waals surface area contributed by atoms with E-state index in [1.54, 1.807) is 0 Å². The van der Waals surface area contributed by atoms with Gasteiger partial charge in [0.1, 0.15) is 5.58 Å². The third kappa shape index (κ3) is 1.85. The molecule has 1 aliphatic carbocycles. The molecule has 3 aromatic rings. The Balaban J connectivity index is 2.14. The molecule has 0 fully saturated rings. The molecule has 0 aliphatic heterocycles. The van der Waals surface area contributed by atoms with E-state index in [2.05, 4.69) is 45.9 Å². The number of benzene rings is 2. The van der Waals surface area contributed by atoms with Gasteiger partial charge in [-0.05, 0) is 53.0 Å². The van der Waals surface area contributed by atoms with Crippen LogP contribution < -0.4 is 0 Å². The molecule has 0 unspecified atom stereocenters. The smallest absolute Gasteiger partial charge is 0.153 e. The monoisotopic (exact) mass is 312 g/mol. The zero-order chi connectivity index (χ0) is 15.7. The summed E-state index contributed by atoms with van der Waals surface area (Å²) in [5.41, 5.74) is 5.04. The molecule has 0 saturated carbocycles. The van der Waals surface area contributed by atoms with Crippen molar-refractivity contribution in [2.24, 2.45) is 0 Å². The van der Waals surface area contributed by atoms with E-state index >= 15 is 0 Å². The van der Waals surface area contributed by atoms with E-state index in [0.29, 0.717) is 5.02 Å². The van der Waals surface area contributed by atoms with Crippen LogP contribution in [0.15, 0.2) is 34.7 Å². The minimum Gasteiger partial charge on any atom is -0.454 e. The molecule has 2 heteroatoms. The van der Waals surface area contributed by atoms with Gasteiger partial charge in [0.15, 0.2) is 5.58 Å². The first kappa shape index (κ1) is 14.1. The van der Waals surface area contributed by atoms with Crippen molar-refractivity contribution in [1.29, 1.82) is 0 Å². The van der Waals surface area contributed by atoms with E-state index in [4.69, 9.17) is 16.0 Å². The molecule has 0 atom stereocenters. The maximum absolute atomic E-state index is 6.31. The molecule has 0 N–H and O–H groups in total. The fraction of sp³-hybridized carbons (Fsp3) is 0.400. The van der Waals surface area contributed by atoms with Crippen molar-refractivity contribution in [3.05, 3.63) is 46.5 Å². The maximum atomic E-state index is 6.31. The van der Waals surface area contributed by atoms with Gasteiger partial charge in [0.25, 0.3) is 0 Å². The summed E-state index contributed by atoms with van der Waals surface area (Å²) in [6, 6.07) is 10.6. The first-order valence-corrected chi connectivity index (χ1v) is 8.33. The third-order valence-electron chi connectivity index (χ3n) is 5.42. The summed E-state index contributed by atoms with van der Waals surface area (Å²) in [5.74, 6) is 0. The molecule has 1 heterocycles. The summed E-state index contributed by atoms with van der Waals surface area (Å²) in [6.07, 6.45) is 2.43. The lowest BCUT2D eigenvalue weighted by Gasteiger charge is -2.41. The lowest BCUT2D eigenvalue weighted by molar-refractivity contribution is 0.332. The van der Waals surface area contributed by atoms with E-state index in [1.807, 2.05) is 12.1 Å². The second kappa shape index (κ2) is 4.29. The Bertz CT molecular complexity index is 899. The van der Waals surface area contributed by atoms with Crippen LogP contribution in [0.25, 0.3) is 21.9 Å². The van der Waals surface area contributed by atoms with Gasteiger partial charge in [-0.1, -0.05) is 51.4 Å². The predicted molar refractivity (Wildman–Crippen MR) is 94.0 cm³/mol. The van der Waals surface area contributed by atoms with Gasteiger partial charge in [0, 0.05) is 10.8 Å². The van der Waals surface area contributed by atoms with Gasteiger partial charge in [-0.25, -0.2) is 0 Å². The summed E-state index contributed by atoms with van der Waals surface area (Å²) < 4.78 is 6.08. The molecule has 1 nitrogen and oxygen atoms in total. The maximum Gasteiger partial charge on any atom is 0.153 e. The number of halogens is 1. The van der Waals surface area contributed by atoms with Crippen LogP contribution in [-0.4, -0.2) is 0 Å². The second-order valence-electron chi connectivity index (χ2n) is 7.88. The van der Waals surface area contributed by atoms with E-state index in [9.17, 15) is 0 Å². The lowest BCUT2D eigenvalue weighted by Crippen LogP contribution is -2.33. The van der Waals surface area contributed by atoms with Crippen molar-refractivity contribution >= 4 is 33.5 Å². The summed E-state index contributed by atoms with van der Waals surface area (Å²) in [7, 11) is 0. The van der Waals surface area contributed by atoms with Crippen LogP contribution in [0.3, 0.4) is 0 Å². The van der Waals surface area contributed by atoms with E-state index in [-0.39, 0.29) is 10.8 Å². The van der Waals surface area contributed by atoms with E-state index < -0.39 is 0 Å². The molecule has 22 heavy (non-hydrogen) atoms. The quantitative estimate of drug-likeness (QED) is 0.456. The minimum absolute atomic E-state index is 0.196. The largest absolute Gasteiger partial charge is 0.454 e. The fourth-order valence-electron chi connectivity index (χ4n) is 3.82. The summed E-state index contributed by atoms with van der Waals surface area (Å²) in [6.45, 7) is 9.37. The van der Waals surface area contributed by atoms with Crippen molar-refractivity contribution in [1.82, 2.24) is 0 Å². The summed E-state index contributed by atoms with van der Waals surface area (Å²) in [5, 5.41) is 2.98. The highest BCUT2D eigenvalue weighted by Gasteiger charge is 2.37. The Morgan fingerprint density at radius 3 is 2.23 bits per heavy atom. The van der Waals surface area contributed by atoms with E-state index in [1.165, 1.54) is 29.4 Å². The third-order valence-corrected chi connectivity index (χ3v) is 5.72. The minimum atomic E-state index is 0.196. The zero-order valence-electron chi connectivity index (χ0n) is 13.6. The highest BCUT2D eigenvalue weighted by atomic mass is 35.5. The Morgan fingerprint density at radius 2 is 1.55 bits per heavy atom. The Hall–Kier alpha value is -1.47. The molecule has 0 spiro atoms. The van der Waals surface area contributed by atoms with Crippen LogP contribution in [-0.2, 0) is 10.8 Å². The summed E-state index contributed by atoms with van der Waals surface area (Å²) >= 11 is 6.31. The Labute approximate surface area is 136 Å².